The molecule has 0 aromatic heterocycles. The first kappa shape index (κ1) is 18.3. The molecule has 1 saturated heterocycles. The molecule has 1 aromatic carbocycles. The lowest BCUT2D eigenvalue weighted by Gasteiger charge is -2.19. The maximum atomic E-state index is 12.5. The summed E-state index contributed by atoms with van der Waals surface area (Å²) in [6, 6.07) is 4.92. The van der Waals surface area contributed by atoms with Gasteiger partial charge >= 0.3 is 5.97 Å². The smallest absolute Gasteiger partial charge is 0.326 e. The summed E-state index contributed by atoms with van der Waals surface area (Å²) in [5, 5.41) is 10.6. The topological polar surface area (TPSA) is 124 Å². The van der Waals surface area contributed by atoms with E-state index in [0.717, 1.165) is 24.2 Å². The summed E-state index contributed by atoms with van der Waals surface area (Å²) in [6.07, 6.45) is 2.81. The Hall–Kier alpha value is -3.10. The van der Waals surface area contributed by atoms with Crippen LogP contribution in [0.25, 0.3) is 0 Å². The van der Waals surface area contributed by atoms with Crippen LogP contribution in [0.3, 0.4) is 0 Å². The van der Waals surface area contributed by atoms with Gasteiger partial charge in [0.2, 0.25) is 11.8 Å². The summed E-state index contributed by atoms with van der Waals surface area (Å²) in [6.45, 7) is -1.05. The van der Waals surface area contributed by atoms with Crippen molar-refractivity contribution in [2.75, 3.05) is 13.2 Å². The minimum absolute atomic E-state index is 0.154. The lowest BCUT2D eigenvalue weighted by atomic mass is 9.81. The van der Waals surface area contributed by atoms with E-state index < -0.39 is 29.8 Å². The molecule has 2 bridgehead atoms. The van der Waals surface area contributed by atoms with Crippen LogP contribution in [-0.4, -0.2) is 46.5 Å². The molecule has 0 N–H and O–H groups in total. The first-order valence-electron chi connectivity index (χ1n) is 9.15. The van der Waals surface area contributed by atoms with Gasteiger partial charge in [-0.2, -0.15) is 0 Å². The van der Waals surface area contributed by atoms with E-state index in [0.29, 0.717) is 0 Å². The molecule has 3 fully saturated rings. The van der Waals surface area contributed by atoms with Gasteiger partial charge in [-0.1, -0.05) is 0 Å². The second-order valence-corrected chi connectivity index (χ2v) is 7.54. The highest BCUT2D eigenvalue weighted by atomic mass is 16.6. The van der Waals surface area contributed by atoms with E-state index in [1.807, 2.05) is 0 Å². The standard InChI is InChI=1S/C19H18N2O7/c22-14(10-3-5-13(6-4-10)21(26)27)9-28-15(23)8-20-18(24)16-11-1-2-12(7-11)17(16)19(20)25/h3-6,11-12,16-17H,1-2,7-9H2. The fourth-order valence-electron chi connectivity index (χ4n) is 4.80. The van der Waals surface area contributed by atoms with E-state index in [4.69, 9.17) is 4.74 Å². The number of rotatable bonds is 6. The van der Waals surface area contributed by atoms with Gasteiger partial charge in [0.05, 0.1) is 16.8 Å². The predicted octanol–water partition coefficient (Wildman–Crippen LogP) is 1.35. The number of ketones is 1. The van der Waals surface area contributed by atoms with Crippen LogP contribution in [0.4, 0.5) is 5.69 Å². The van der Waals surface area contributed by atoms with E-state index in [2.05, 4.69) is 0 Å². The number of nitro groups is 1. The predicted molar refractivity (Wildman–Crippen MR) is 92.9 cm³/mol. The molecule has 9 heteroatoms. The average Bonchev–Trinajstić information content (AvgIpc) is 3.36. The molecule has 1 aliphatic heterocycles. The highest BCUT2D eigenvalue weighted by Crippen LogP contribution is 2.56. The van der Waals surface area contributed by atoms with Crippen molar-refractivity contribution in [1.29, 1.82) is 0 Å². The van der Waals surface area contributed by atoms with Gasteiger partial charge in [0.1, 0.15) is 6.54 Å². The van der Waals surface area contributed by atoms with Crippen LogP contribution in [0.2, 0.25) is 0 Å². The molecule has 1 aromatic rings. The van der Waals surface area contributed by atoms with Crippen molar-refractivity contribution < 1.29 is 28.8 Å². The van der Waals surface area contributed by atoms with E-state index in [1.54, 1.807) is 0 Å². The third-order valence-electron chi connectivity index (χ3n) is 6.07. The first-order valence-corrected chi connectivity index (χ1v) is 9.15. The molecule has 4 unspecified atom stereocenters. The lowest BCUT2D eigenvalue weighted by Crippen LogP contribution is -2.38. The van der Waals surface area contributed by atoms with Gasteiger partial charge in [0, 0.05) is 17.7 Å². The third kappa shape index (κ3) is 2.96. The molecular weight excluding hydrogens is 368 g/mol. The number of fused-ring (bicyclic) bond motifs is 5. The molecule has 1 heterocycles. The van der Waals surface area contributed by atoms with Gasteiger partial charge in [0.15, 0.2) is 12.4 Å². The fraction of sp³-hybridized carbons (Fsp3) is 0.474. The Morgan fingerprint density at radius 1 is 1.07 bits per heavy atom. The van der Waals surface area contributed by atoms with Crippen LogP contribution in [0, 0.1) is 33.8 Å². The number of esters is 1. The van der Waals surface area contributed by atoms with Crippen LogP contribution in [0.1, 0.15) is 29.6 Å². The van der Waals surface area contributed by atoms with E-state index in [9.17, 15) is 29.3 Å². The van der Waals surface area contributed by atoms with Crippen LogP contribution < -0.4 is 0 Å². The van der Waals surface area contributed by atoms with E-state index in [-0.39, 0.29) is 46.7 Å². The molecule has 2 aliphatic carbocycles. The van der Waals surface area contributed by atoms with Crippen molar-refractivity contribution in [3.8, 4) is 0 Å². The maximum absolute atomic E-state index is 12.5. The SMILES string of the molecule is O=C(CN1C(=O)C2C3CCC(C3)C2C1=O)OCC(=O)c1ccc([N+](=O)[O-])cc1. The Morgan fingerprint density at radius 3 is 2.18 bits per heavy atom. The molecule has 3 aliphatic rings. The van der Waals surface area contributed by atoms with E-state index in [1.165, 1.54) is 24.3 Å². The number of hydrogen-bond donors (Lipinski definition) is 0. The zero-order valence-electron chi connectivity index (χ0n) is 14.9. The number of likely N-dealkylation sites (tertiary alicyclic amines) is 1. The minimum atomic E-state index is -0.829. The molecule has 0 radical (unpaired) electrons. The van der Waals surface area contributed by atoms with Crippen molar-refractivity contribution in [3.05, 3.63) is 39.9 Å². The summed E-state index contributed by atoms with van der Waals surface area (Å²) in [4.78, 5) is 60.2. The van der Waals surface area contributed by atoms with Gasteiger partial charge in [-0.05, 0) is 43.2 Å². The zero-order chi connectivity index (χ0) is 20.0. The number of benzene rings is 1. The van der Waals surface area contributed by atoms with Gasteiger partial charge < -0.3 is 4.74 Å². The largest absolute Gasteiger partial charge is 0.456 e. The lowest BCUT2D eigenvalue weighted by molar-refractivity contribution is -0.384. The highest BCUT2D eigenvalue weighted by Gasteiger charge is 2.61. The molecular formula is C19H18N2O7. The van der Waals surface area contributed by atoms with Crippen molar-refractivity contribution in [2.45, 2.75) is 19.3 Å². The number of amides is 2. The maximum Gasteiger partial charge on any atom is 0.326 e. The van der Waals surface area contributed by atoms with Gasteiger partial charge in [0.25, 0.3) is 5.69 Å². The number of imide groups is 1. The van der Waals surface area contributed by atoms with Gasteiger partial charge in [-0.3, -0.25) is 34.2 Å². The van der Waals surface area contributed by atoms with Crippen LogP contribution in [0.5, 0.6) is 0 Å². The zero-order valence-corrected chi connectivity index (χ0v) is 14.9. The number of ether oxygens (including phenoxy) is 1. The second-order valence-electron chi connectivity index (χ2n) is 7.54. The van der Waals surface area contributed by atoms with Crippen molar-refractivity contribution in [1.82, 2.24) is 4.90 Å². The summed E-state index contributed by atoms with van der Waals surface area (Å²) >= 11 is 0. The average molecular weight is 386 g/mol. The normalized spacial score (nSPS) is 27.8. The van der Waals surface area contributed by atoms with E-state index >= 15 is 0 Å². The summed E-state index contributed by atoms with van der Waals surface area (Å²) < 4.78 is 4.92. The van der Waals surface area contributed by atoms with Crippen LogP contribution in [-0.2, 0) is 19.1 Å². The number of Topliss-reactive ketones (excluding diaryl/α,β-unsaturated/α-hetero) is 1. The number of carbonyl (C=O) groups is 4. The quantitative estimate of drug-likeness (QED) is 0.238. The molecule has 0 spiro atoms. The van der Waals surface area contributed by atoms with Crippen molar-refractivity contribution in [3.63, 3.8) is 0 Å². The highest BCUT2D eigenvalue weighted by molar-refractivity contribution is 6.08. The second kappa shape index (κ2) is 6.81. The Morgan fingerprint density at radius 2 is 1.64 bits per heavy atom. The van der Waals surface area contributed by atoms with Crippen molar-refractivity contribution >= 4 is 29.3 Å². The number of carbonyl (C=O) groups excluding carboxylic acids is 4. The molecule has 4 rings (SSSR count). The number of non-ortho nitro benzene ring substituents is 1. The van der Waals surface area contributed by atoms with Gasteiger partial charge in [-0.25, -0.2) is 0 Å². The molecule has 2 saturated carbocycles. The number of nitrogens with zero attached hydrogens (tertiary/aromatic N) is 2. The number of nitro benzene ring substituents is 1. The minimum Gasteiger partial charge on any atom is -0.456 e. The molecule has 146 valence electrons. The molecule has 4 atom stereocenters. The number of hydrogen-bond acceptors (Lipinski definition) is 7. The first-order chi connectivity index (χ1) is 13.4. The monoisotopic (exact) mass is 386 g/mol. The molecule has 9 nitrogen and oxygen atoms in total. The third-order valence-corrected chi connectivity index (χ3v) is 6.07. The van der Waals surface area contributed by atoms with Gasteiger partial charge in [-0.15, -0.1) is 0 Å². The Kier molecular flexibility index (Phi) is 4.44. The Balaban J connectivity index is 1.32. The summed E-state index contributed by atoms with van der Waals surface area (Å²) in [5.74, 6) is -2.11. The van der Waals surface area contributed by atoms with Crippen LogP contribution >= 0.6 is 0 Å². The van der Waals surface area contributed by atoms with Crippen molar-refractivity contribution in [2.24, 2.45) is 23.7 Å². The molecule has 28 heavy (non-hydrogen) atoms. The Bertz CT molecular complexity index is 851. The van der Waals surface area contributed by atoms with Crippen LogP contribution in [0.15, 0.2) is 24.3 Å². The molecule has 2 amide bonds. The summed E-state index contributed by atoms with van der Waals surface area (Å²) in [7, 11) is 0. The summed E-state index contributed by atoms with van der Waals surface area (Å²) in [5.41, 5.74) is 0.0111. The Labute approximate surface area is 159 Å². The fourth-order valence-corrected chi connectivity index (χ4v) is 4.80.